The molecule has 112 valence electrons. The minimum Gasteiger partial charge on any atom is -0.872 e. The Balaban J connectivity index is 2.09. The van der Waals surface area contributed by atoms with Gasteiger partial charge in [-0.05, 0) is 24.6 Å². The first kappa shape index (κ1) is 15.2. The maximum Gasteiger partial charge on any atom is 0.271 e. The Morgan fingerprint density at radius 2 is 1.91 bits per heavy atom. The number of nitro benzene ring substituents is 1. The second kappa shape index (κ2) is 6.49. The molecule has 0 aliphatic carbocycles. The summed E-state index contributed by atoms with van der Waals surface area (Å²) >= 11 is 0. The minimum atomic E-state index is -0.609. The van der Waals surface area contributed by atoms with E-state index in [0.29, 0.717) is 5.56 Å². The van der Waals surface area contributed by atoms with Crippen LogP contribution in [-0.4, -0.2) is 17.0 Å². The van der Waals surface area contributed by atoms with Crippen molar-refractivity contribution >= 4 is 17.8 Å². The SMILES string of the molecule is Cc1ccc(C(=O)N/N=C\c2cc([N+](=O)[O-])ccc2[O-])cc1. The van der Waals surface area contributed by atoms with Gasteiger partial charge in [0.15, 0.2) is 0 Å². The maximum atomic E-state index is 11.8. The molecule has 0 spiro atoms. The van der Waals surface area contributed by atoms with Crippen molar-refractivity contribution in [2.24, 2.45) is 5.10 Å². The van der Waals surface area contributed by atoms with Crippen molar-refractivity contribution in [3.05, 3.63) is 69.3 Å². The first-order valence-electron chi connectivity index (χ1n) is 6.33. The third-order valence-electron chi connectivity index (χ3n) is 2.89. The van der Waals surface area contributed by atoms with E-state index in [1.165, 1.54) is 0 Å². The van der Waals surface area contributed by atoms with E-state index in [1.54, 1.807) is 24.3 Å². The van der Waals surface area contributed by atoms with Crippen LogP contribution in [0.25, 0.3) is 0 Å². The van der Waals surface area contributed by atoms with Gasteiger partial charge in [-0.2, -0.15) is 5.10 Å². The Morgan fingerprint density at radius 1 is 1.23 bits per heavy atom. The number of hydrogen-bond acceptors (Lipinski definition) is 5. The smallest absolute Gasteiger partial charge is 0.271 e. The largest absolute Gasteiger partial charge is 0.872 e. The predicted octanol–water partition coefficient (Wildman–Crippen LogP) is 1.74. The van der Waals surface area contributed by atoms with Gasteiger partial charge in [0.05, 0.1) is 11.1 Å². The predicted molar refractivity (Wildman–Crippen MR) is 78.8 cm³/mol. The van der Waals surface area contributed by atoms with Gasteiger partial charge in [0.1, 0.15) is 0 Å². The molecule has 0 heterocycles. The van der Waals surface area contributed by atoms with E-state index >= 15 is 0 Å². The van der Waals surface area contributed by atoms with Crippen LogP contribution in [0.3, 0.4) is 0 Å². The lowest BCUT2D eigenvalue weighted by Crippen LogP contribution is -2.17. The van der Waals surface area contributed by atoms with E-state index in [-0.39, 0.29) is 11.3 Å². The fraction of sp³-hybridized carbons (Fsp3) is 0.0667. The van der Waals surface area contributed by atoms with Gasteiger partial charge < -0.3 is 5.11 Å². The van der Waals surface area contributed by atoms with Crippen molar-refractivity contribution in [3.8, 4) is 5.75 Å². The number of hydrazone groups is 1. The van der Waals surface area contributed by atoms with Crippen LogP contribution < -0.4 is 10.5 Å². The molecule has 0 saturated heterocycles. The zero-order valence-corrected chi connectivity index (χ0v) is 11.6. The Morgan fingerprint density at radius 3 is 2.55 bits per heavy atom. The van der Waals surface area contributed by atoms with Crippen LogP contribution in [0.5, 0.6) is 5.75 Å². The van der Waals surface area contributed by atoms with Crippen LogP contribution in [0.15, 0.2) is 47.6 Å². The highest BCUT2D eigenvalue weighted by Gasteiger charge is 2.06. The normalized spacial score (nSPS) is 10.6. The molecule has 0 saturated carbocycles. The van der Waals surface area contributed by atoms with Gasteiger partial charge in [-0.15, -0.1) is 0 Å². The first-order valence-corrected chi connectivity index (χ1v) is 6.33. The van der Waals surface area contributed by atoms with Crippen molar-refractivity contribution in [2.75, 3.05) is 0 Å². The molecule has 1 N–H and O–H groups in total. The highest BCUT2D eigenvalue weighted by Crippen LogP contribution is 2.18. The van der Waals surface area contributed by atoms with E-state index in [0.717, 1.165) is 30.0 Å². The number of amides is 1. The van der Waals surface area contributed by atoms with Crippen LogP contribution in [0.4, 0.5) is 5.69 Å². The fourth-order valence-corrected chi connectivity index (χ4v) is 1.68. The molecule has 0 atom stereocenters. The summed E-state index contributed by atoms with van der Waals surface area (Å²) in [5, 5.41) is 25.9. The lowest BCUT2D eigenvalue weighted by molar-refractivity contribution is -0.385. The topological polar surface area (TPSA) is 108 Å². The molecule has 0 aliphatic rings. The minimum absolute atomic E-state index is 0.0263. The molecule has 0 fully saturated rings. The van der Waals surface area contributed by atoms with Crippen LogP contribution in [-0.2, 0) is 0 Å². The zero-order chi connectivity index (χ0) is 16.1. The van der Waals surface area contributed by atoms with Crippen molar-refractivity contribution in [3.63, 3.8) is 0 Å². The molecule has 0 radical (unpaired) electrons. The van der Waals surface area contributed by atoms with Crippen LogP contribution in [0, 0.1) is 17.0 Å². The van der Waals surface area contributed by atoms with Gasteiger partial charge in [0, 0.05) is 17.7 Å². The number of nitrogens with zero attached hydrogens (tertiary/aromatic N) is 2. The standard InChI is InChI=1S/C15H13N3O4/c1-10-2-4-11(5-3-10)15(20)17-16-9-12-8-13(18(21)22)6-7-14(12)19/h2-9,19H,1H3,(H,17,20)/p-1/b16-9-. The third-order valence-corrected chi connectivity index (χ3v) is 2.89. The highest BCUT2D eigenvalue weighted by atomic mass is 16.6. The van der Waals surface area contributed by atoms with Gasteiger partial charge in [0.2, 0.25) is 0 Å². The number of nitrogens with one attached hydrogen (secondary N) is 1. The molecule has 1 amide bonds. The summed E-state index contributed by atoms with van der Waals surface area (Å²) < 4.78 is 0. The van der Waals surface area contributed by atoms with E-state index < -0.39 is 16.6 Å². The number of non-ortho nitro benzene ring substituents is 1. The molecule has 2 aromatic rings. The van der Waals surface area contributed by atoms with Crippen LogP contribution >= 0.6 is 0 Å². The first-order chi connectivity index (χ1) is 10.5. The molecule has 7 heteroatoms. The summed E-state index contributed by atoms with van der Waals surface area (Å²) in [4.78, 5) is 21.8. The summed E-state index contributed by atoms with van der Waals surface area (Å²) in [5.41, 5.74) is 3.52. The van der Waals surface area contributed by atoms with Gasteiger partial charge in [0.25, 0.3) is 11.6 Å². The van der Waals surface area contributed by atoms with Gasteiger partial charge >= 0.3 is 0 Å². The summed E-state index contributed by atoms with van der Waals surface area (Å²) in [6, 6.07) is 10.2. The molecular formula is C15H12N3O4-. The molecule has 0 unspecified atom stereocenters. The molecule has 2 aromatic carbocycles. The van der Waals surface area contributed by atoms with Crippen molar-refractivity contribution in [1.82, 2.24) is 5.43 Å². The Labute approximate surface area is 126 Å². The second-order valence-corrected chi connectivity index (χ2v) is 4.54. The Hall–Kier alpha value is -3.22. The zero-order valence-electron chi connectivity index (χ0n) is 11.6. The summed E-state index contributed by atoms with van der Waals surface area (Å²) in [7, 11) is 0. The molecule has 0 bridgehead atoms. The van der Waals surface area contributed by atoms with E-state index in [1.807, 2.05) is 6.92 Å². The molecule has 7 nitrogen and oxygen atoms in total. The highest BCUT2D eigenvalue weighted by molar-refractivity contribution is 5.95. The number of aryl methyl sites for hydroxylation is 1. The van der Waals surface area contributed by atoms with Gasteiger partial charge in [-0.1, -0.05) is 29.5 Å². The van der Waals surface area contributed by atoms with Crippen LogP contribution in [0.1, 0.15) is 21.5 Å². The number of carbonyl (C=O) groups excluding carboxylic acids is 1. The molecule has 22 heavy (non-hydrogen) atoms. The number of rotatable bonds is 4. The van der Waals surface area contributed by atoms with Crippen molar-refractivity contribution < 1.29 is 14.8 Å². The molecule has 0 aromatic heterocycles. The average Bonchev–Trinajstić information content (AvgIpc) is 2.49. The van der Waals surface area contributed by atoms with Crippen LogP contribution in [0.2, 0.25) is 0 Å². The number of carbonyl (C=O) groups is 1. The quantitative estimate of drug-likeness (QED) is 0.527. The van der Waals surface area contributed by atoms with Crippen molar-refractivity contribution in [1.29, 1.82) is 0 Å². The van der Waals surface area contributed by atoms with E-state index in [4.69, 9.17) is 0 Å². The lowest BCUT2D eigenvalue weighted by atomic mass is 10.1. The van der Waals surface area contributed by atoms with E-state index in [9.17, 15) is 20.0 Å². The monoisotopic (exact) mass is 298 g/mol. The van der Waals surface area contributed by atoms with E-state index in [2.05, 4.69) is 10.5 Å². The molecular weight excluding hydrogens is 286 g/mol. The van der Waals surface area contributed by atoms with Gasteiger partial charge in [-0.3, -0.25) is 14.9 Å². The van der Waals surface area contributed by atoms with Crippen molar-refractivity contribution in [2.45, 2.75) is 6.92 Å². The Kier molecular flexibility index (Phi) is 4.47. The second-order valence-electron chi connectivity index (χ2n) is 4.54. The summed E-state index contributed by atoms with van der Waals surface area (Å²) in [6.07, 6.45) is 1.08. The summed E-state index contributed by atoms with van der Waals surface area (Å²) in [6.45, 7) is 1.90. The fourth-order valence-electron chi connectivity index (χ4n) is 1.68. The Bertz CT molecular complexity index is 739. The number of hydrogen-bond donors (Lipinski definition) is 1. The molecule has 0 aliphatic heterocycles. The average molecular weight is 298 g/mol. The van der Waals surface area contributed by atoms with Gasteiger partial charge in [-0.25, -0.2) is 5.43 Å². The summed E-state index contributed by atoms with van der Waals surface area (Å²) in [5.74, 6) is -0.854. The number of benzene rings is 2. The third kappa shape index (κ3) is 3.66. The maximum absolute atomic E-state index is 11.8. The molecule has 2 rings (SSSR count). The number of nitro groups is 1. The lowest BCUT2D eigenvalue weighted by Gasteiger charge is -2.08.